The molecule has 130 valence electrons. The van der Waals surface area contributed by atoms with Gasteiger partial charge < -0.3 is 14.5 Å². The first-order valence-electron chi connectivity index (χ1n) is 8.78. The zero-order chi connectivity index (χ0) is 17.2. The van der Waals surface area contributed by atoms with Crippen molar-refractivity contribution in [3.8, 4) is 5.75 Å². The number of amides is 2. The van der Waals surface area contributed by atoms with Crippen LogP contribution >= 0.6 is 0 Å². The van der Waals surface area contributed by atoms with Crippen LogP contribution in [0.2, 0.25) is 0 Å². The molecule has 2 aliphatic rings. The SMILES string of the molecule is CC(=O)N1CCC[C@H]2N(C(=O)COc3ccccc3)CCC[C@@]21C. The Labute approximate surface area is 143 Å². The lowest BCUT2D eigenvalue weighted by Crippen LogP contribution is -2.68. The third-order valence-electron chi connectivity index (χ3n) is 5.46. The number of fused-ring (bicyclic) bond motifs is 1. The van der Waals surface area contributed by atoms with Crippen molar-refractivity contribution >= 4 is 11.8 Å². The van der Waals surface area contributed by atoms with Crippen LogP contribution in [0.1, 0.15) is 39.5 Å². The van der Waals surface area contributed by atoms with E-state index in [0.29, 0.717) is 5.75 Å². The molecule has 0 bridgehead atoms. The summed E-state index contributed by atoms with van der Waals surface area (Å²) in [5, 5.41) is 0. The van der Waals surface area contributed by atoms with Crippen LogP contribution in [-0.2, 0) is 9.59 Å². The first-order chi connectivity index (χ1) is 11.5. The number of hydrogen-bond acceptors (Lipinski definition) is 3. The molecule has 0 saturated carbocycles. The normalized spacial score (nSPS) is 26.7. The Balaban J connectivity index is 1.71. The molecule has 0 unspecified atom stereocenters. The molecule has 1 aromatic carbocycles. The van der Waals surface area contributed by atoms with Crippen molar-refractivity contribution in [3.05, 3.63) is 30.3 Å². The number of carbonyl (C=O) groups excluding carboxylic acids is 2. The summed E-state index contributed by atoms with van der Waals surface area (Å²) in [6, 6.07) is 9.50. The van der Waals surface area contributed by atoms with E-state index in [1.807, 2.05) is 40.1 Å². The molecule has 5 heteroatoms. The van der Waals surface area contributed by atoms with Gasteiger partial charge in [0.1, 0.15) is 5.75 Å². The predicted molar refractivity (Wildman–Crippen MR) is 91.7 cm³/mol. The maximum Gasteiger partial charge on any atom is 0.260 e. The van der Waals surface area contributed by atoms with Crippen molar-refractivity contribution in [3.63, 3.8) is 0 Å². The molecule has 24 heavy (non-hydrogen) atoms. The van der Waals surface area contributed by atoms with Gasteiger partial charge in [-0.1, -0.05) is 18.2 Å². The fourth-order valence-corrected chi connectivity index (χ4v) is 4.31. The highest BCUT2D eigenvalue weighted by Crippen LogP contribution is 2.39. The van der Waals surface area contributed by atoms with Crippen LogP contribution in [-0.4, -0.2) is 52.9 Å². The number of rotatable bonds is 3. The fraction of sp³-hybridized carbons (Fsp3) is 0.579. The van der Waals surface area contributed by atoms with Gasteiger partial charge in [0.15, 0.2) is 6.61 Å². The second-order valence-electron chi connectivity index (χ2n) is 6.98. The minimum atomic E-state index is -0.245. The first-order valence-corrected chi connectivity index (χ1v) is 8.78. The molecule has 2 atom stereocenters. The molecule has 2 heterocycles. The molecule has 0 aliphatic carbocycles. The van der Waals surface area contributed by atoms with Gasteiger partial charge in [0.25, 0.3) is 5.91 Å². The van der Waals surface area contributed by atoms with Gasteiger partial charge in [0.05, 0.1) is 11.6 Å². The third-order valence-corrected chi connectivity index (χ3v) is 5.46. The van der Waals surface area contributed by atoms with Gasteiger partial charge in [-0.15, -0.1) is 0 Å². The van der Waals surface area contributed by atoms with Crippen LogP contribution in [0.25, 0.3) is 0 Å². The number of piperidine rings is 2. The minimum absolute atomic E-state index is 0.0141. The van der Waals surface area contributed by atoms with Crippen molar-refractivity contribution in [2.45, 2.75) is 51.1 Å². The Hall–Kier alpha value is -2.04. The van der Waals surface area contributed by atoms with Gasteiger partial charge >= 0.3 is 0 Å². The fourth-order valence-electron chi connectivity index (χ4n) is 4.31. The van der Waals surface area contributed by atoms with E-state index < -0.39 is 0 Å². The molecule has 2 fully saturated rings. The molecule has 1 aromatic rings. The second kappa shape index (κ2) is 6.83. The molecular formula is C19H26N2O3. The van der Waals surface area contributed by atoms with E-state index in [-0.39, 0.29) is 30.0 Å². The lowest BCUT2D eigenvalue weighted by molar-refractivity contribution is -0.155. The largest absolute Gasteiger partial charge is 0.484 e. The second-order valence-corrected chi connectivity index (χ2v) is 6.98. The van der Waals surface area contributed by atoms with E-state index in [1.54, 1.807) is 6.92 Å². The van der Waals surface area contributed by atoms with Crippen LogP contribution in [0.3, 0.4) is 0 Å². The molecule has 3 rings (SSSR count). The standard InChI is InChI=1S/C19H26N2O3/c1-15(22)21-13-6-10-17-19(21,2)11-7-12-20(17)18(23)14-24-16-8-4-3-5-9-16/h3-5,8-9,17H,6-7,10-14H2,1-2H3/t17-,19+/m1/s1. The Morgan fingerprint density at radius 3 is 2.67 bits per heavy atom. The lowest BCUT2D eigenvalue weighted by Gasteiger charge is -2.56. The van der Waals surface area contributed by atoms with Crippen molar-refractivity contribution in [2.75, 3.05) is 19.7 Å². The number of carbonyl (C=O) groups is 2. The van der Waals surface area contributed by atoms with Crippen LogP contribution in [0.5, 0.6) is 5.75 Å². The summed E-state index contributed by atoms with van der Waals surface area (Å²) in [6.45, 7) is 5.37. The maximum absolute atomic E-state index is 12.7. The van der Waals surface area contributed by atoms with Gasteiger partial charge in [0, 0.05) is 20.0 Å². The molecule has 0 N–H and O–H groups in total. The Kier molecular flexibility index (Phi) is 4.78. The summed E-state index contributed by atoms with van der Waals surface area (Å²) >= 11 is 0. The third kappa shape index (κ3) is 3.12. The van der Waals surface area contributed by atoms with Crippen LogP contribution in [0.15, 0.2) is 30.3 Å². The summed E-state index contributed by atoms with van der Waals surface area (Å²) < 4.78 is 5.64. The Bertz CT molecular complexity index is 604. The highest BCUT2D eigenvalue weighted by molar-refractivity contribution is 5.79. The molecule has 2 saturated heterocycles. The Morgan fingerprint density at radius 2 is 1.96 bits per heavy atom. The van der Waals surface area contributed by atoms with Crippen LogP contribution in [0.4, 0.5) is 0 Å². The summed E-state index contributed by atoms with van der Waals surface area (Å²) in [4.78, 5) is 28.7. The van der Waals surface area contributed by atoms with E-state index in [0.717, 1.165) is 38.8 Å². The number of likely N-dealkylation sites (tertiary alicyclic amines) is 2. The van der Waals surface area contributed by atoms with E-state index in [4.69, 9.17) is 4.74 Å². The number of hydrogen-bond donors (Lipinski definition) is 0. The van der Waals surface area contributed by atoms with Gasteiger partial charge in [0.2, 0.25) is 5.91 Å². The Morgan fingerprint density at radius 1 is 1.21 bits per heavy atom. The van der Waals surface area contributed by atoms with Crippen molar-refractivity contribution in [1.29, 1.82) is 0 Å². The molecule has 0 spiro atoms. The maximum atomic E-state index is 12.7. The average Bonchev–Trinajstić information content (AvgIpc) is 2.58. The predicted octanol–water partition coefficient (Wildman–Crippen LogP) is 2.46. The molecule has 0 aromatic heterocycles. The van der Waals surface area contributed by atoms with Crippen LogP contribution < -0.4 is 4.74 Å². The zero-order valence-electron chi connectivity index (χ0n) is 14.5. The molecule has 0 radical (unpaired) electrons. The van der Waals surface area contributed by atoms with E-state index in [1.165, 1.54) is 0 Å². The minimum Gasteiger partial charge on any atom is -0.484 e. The summed E-state index contributed by atoms with van der Waals surface area (Å²) in [5.41, 5.74) is -0.245. The van der Waals surface area contributed by atoms with E-state index in [9.17, 15) is 9.59 Å². The summed E-state index contributed by atoms with van der Waals surface area (Å²) in [5.74, 6) is 0.830. The number of ether oxygens (including phenoxy) is 1. The van der Waals surface area contributed by atoms with Gasteiger partial charge in [-0.3, -0.25) is 9.59 Å². The molecule has 5 nitrogen and oxygen atoms in total. The number of benzene rings is 1. The molecular weight excluding hydrogens is 304 g/mol. The van der Waals surface area contributed by atoms with Crippen molar-refractivity contribution in [2.24, 2.45) is 0 Å². The molecule has 2 aliphatic heterocycles. The molecule has 2 amide bonds. The van der Waals surface area contributed by atoms with Crippen molar-refractivity contribution < 1.29 is 14.3 Å². The van der Waals surface area contributed by atoms with Gasteiger partial charge in [-0.2, -0.15) is 0 Å². The average molecular weight is 330 g/mol. The summed E-state index contributed by atoms with van der Waals surface area (Å²) in [6.07, 6.45) is 3.79. The number of nitrogens with zero attached hydrogens (tertiary/aromatic N) is 2. The first kappa shape index (κ1) is 16.8. The topological polar surface area (TPSA) is 49.9 Å². The number of para-hydroxylation sites is 1. The van der Waals surface area contributed by atoms with Crippen LogP contribution in [0, 0.1) is 0 Å². The lowest BCUT2D eigenvalue weighted by atomic mass is 9.76. The smallest absolute Gasteiger partial charge is 0.260 e. The van der Waals surface area contributed by atoms with Crippen molar-refractivity contribution in [1.82, 2.24) is 9.80 Å². The van der Waals surface area contributed by atoms with E-state index in [2.05, 4.69) is 6.92 Å². The zero-order valence-corrected chi connectivity index (χ0v) is 14.5. The van der Waals surface area contributed by atoms with Gasteiger partial charge in [-0.25, -0.2) is 0 Å². The highest BCUT2D eigenvalue weighted by atomic mass is 16.5. The van der Waals surface area contributed by atoms with Gasteiger partial charge in [-0.05, 0) is 44.7 Å². The van der Waals surface area contributed by atoms with E-state index >= 15 is 0 Å². The highest BCUT2D eigenvalue weighted by Gasteiger charge is 2.49. The quantitative estimate of drug-likeness (QED) is 0.855. The monoisotopic (exact) mass is 330 g/mol. The summed E-state index contributed by atoms with van der Waals surface area (Å²) in [7, 11) is 0.